The van der Waals surface area contributed by atoms with Crippen molar-refractivity contribution >= 4 is 21.7 Å². The third kappa shape index (κ3) is 2.61. The Bertz CT molecular complexity index is 512. The van der Waals surface area contributed by atoms with Crippen LogP contribution in [-0.2, 0) is 10.2 Å². The van der Waals surface area contributed by atoms with Crippen molar-refractivity contribution in [3.05, 3.63) is 29.8 Å². The molecule has 0 aliphatic heterocycles. The molecule has 16 heavy (non-hydrogen) atoms. The molecule has 7 nitrogen and oxygen atoms in total. The van der Waals surface area contributed by atoms with Crippen molar-refractivity contribution in [3.63, 3.8) is 0 Å². The molecule has 0 spiro atoms. The third-order valence-electron chi connectivity index (χ3n) is 1.99. The van der Waals surface area contributed by atoms with E-state index >= 15 is 0 Å². The molecule has 0 saturated heterocycles. The van der Waals surface area contributed by atoms with Crippen LogP contribution in [0.25, 0.3) is 0 Å². The fourth-order valence-electron chi connectivity index (χ4n) is 1.07. The molecule has 0 heterocycles. The summed E-state index contributed by atoms with van der Waals surface area (Å²) >= 11 is 0. The number of rotatable bonds is 3. The summed E-state index contributed by atoms with van der Waals surface area (Å²) in [5.74, 6) is -0.107. The number of amidine groups is 1. The van der Waals surface area contributed by atoms with Gasteiger partial charge in [0.2, 0.25) is 0 Å². The van der Waals surface area contributed by atoms with Gasteiger partial charge in [0.15, 0.2) is 5.84 Å². The summed E-state index contributed by atoms with van der Waals surface area (Å²) in [6, 6.07) is 6.14. The summed E-state index contributed by atoms with van der Waals surface area (Å²) in [5.41, 5.74) is 6.10. The molecule has 1 aromatic carbocycles. The van der Waals surface area contributed by atoms with Crippen LogP contribution in [-0.4, -0.2) is 26.5 Å². The van der Waals surface area contributed by atoms with Gasteiger partial charge in [-0.15, -0.1) is 0 Å². The first kappa shape index (κ1) is 12.3. The number of hydrogen-bond donors (Lipinski definition) is 3. The Labute approximate surface area is 93.1 Å². The quantitative estimate of drug-likeness (QED) is 0.285. The molecule has 0 atom stereocenters. The first-order chi connectivity index (χ1) is 7.36. The van der Waals surface area contributed by atoms with Crippen LogP contribution < -0.4 is 15.2 Å². The van der Waals surface area contributed by atoms with Gasteiger partial charge in [0, 0.05) is 12.6 Å². The van der Waals surface area contributed by atoms with Crippen LogP contribution in [0.1, 0.15) is 5.56 Å². The topological polar surface area (TPSA) is 122 Å². The van der Waals surface area contributed by atoms with E-state index in [1.807, 2.05) is 0 Å². The smallest absolute Gasteiger partial charge is 0.298 e. The molecule has 0 bridgehead atoms. The van der Waals surface area contributed by atoms with Crippen molar-refractivity contribution in [2.45, 2.75) is 0 Å². The lowest BCUT2D eigenvalue weighted by Crippen LogP contribution is -2.33. The largest absolute Gasteiger partial charge is 0.409 e. The van der Waals surface area contributed by atoms with Crippen LogP contribution in [0.3, 0.4) is 0 Å². The molecule has 0 fully saturated rings. The number of oxime groups is 1. The van der Waals surface area contributed by atoms with Crippen molar-refractivity contribution in [1.82, 2.24) is 0 Å². The van der Waals surface area contributed by atoms with Crippen molar-refractivity contribution in [1.29, 1.82) is 0 Å². The molecule has 5 N–H and O–H groups in total. The highest BCUT2D eigenvalue weighted by atomic mass is 32.2. The molecule has 0 aliphatic rings. The molecule has 1 aromatic rings. The molecule has 8 heteroatoms. The van der Waals surface area contributed by atoms with Crippen molar-refractivity contribution in [3.8, 4) is 0 Å². The van der Waals surface area contributed by atoms with Gasteiger partial charge >= 0.3 is 0 Å². The Balaban J connectivity index is 3.19. The van der Waals surface area contributed by atoms with E-state index in [-0.39, 0.29) is 5.84 Å². The van der Waals surface area contributed by atoms with E-state index < -0.39 is 10.2 Å². The van der Waals surface area contributed by atoms with Gasteiger partial charge in [-0.1, -0.05) is 17.3 Å². The van der Waals surface area contributed by atoms with Crippen LogP contribution in [0.15, 0.2) is 29.4 Å². The second-order valence-electron chi connectivity index (χ2n) is 3.05. The van der Waals surface area contributed by atoms with E-state index in [2.05, 4.69) is 5.16 Å². The first-order valence-electron chi connectivity index (χ1n) is 4.21. The van der Waals surface area contributed by atoms with Gasteiger partial charge in [-0.25, -0.2) is 5.14 Å². The highest BCUT2D eigenvalue weighted by Gasteiger charge is 2.13. The van der Waals surface area contributed by atoms with Gasteiger partial charge < -0.3 is 10.9 Å². The van der Waals surface area contributed by atoms with E-state index in [4.69, 9.17) is 16.1 Å². The Kier molecular flexibility index (Phi) is 3.35. The zero-order chi connectivity index (χ0) is 12.3. The van der Waals surface area contributed by atoms with Crippen LogP contribution in [0.4, 0.5) is 5.69 Å². The Morgan fingerprint density at radius 2 is 2.12 bits per heavy atom. The molecule has 0 radical (unpaired) electrons. The average Bonchev–Trinajstić information content (AvgIpc) is 2.26. The van der Waals surface area contributed by atoms with E-state index in [1.165, 1.54) is 13.1 Å². The van der Waals surface area contributed by atoms with Crippen LogP contribution in [0.2, 0.25) is 0 Å². The van der Waals surface area contributed by atoms with Crippen LogP contribution in [0.5, 0.6) is 0 Å². The summed E-state index contributed by atoms with van der Waals surface area (Å²) in [7, 11) is -2.51. The third-order valence-corrected chi connectivity index (χ3v) is 2.97. The molecule has 0 aliphatic carbocycles. The number of benzene rings is 1. The van der Waals surface area contributed by atoms with Gasteiger partial charge in [0.1, 0.15) is 0 Å². The number of nitrogens with zero attached hydrogens (tertiary/aromatic N) is 2. The molecule has 88 valence electrons. The van der Waals surface area contributed by atoms with E-state index in [0.29, 0.717) is 11.3 Å². The number of hydrogen-bond acceptors (Lipinski definition) is 4. The number of anilines is 1. The van der Waals surface area contributed by atoms with Gasteiger partial charge in [-0.05, 0) is 12.1 Å². The molecule has 0 amide bonds. The molecule has 0 saturated carbocycles. The lowest BCUT2D eigenvalue weighted by atomic mass is 10.2. The summed E-state index contributed by atoms with van der Waals surface area (Å²) in [4.78, 5) is 0. The zero-order valence-corrected chi connectivity index (χ0v) is 9.35. The fraction of sp³-hybridized carbons (Fsp3) is 0.125. The second kappa shape index (κ2) is 4.37. The summed E-state index contributed by atoms with van der Waals surface area (Å²) in [6.07, 6.45) is 0. The highest BCUT2D eigenvalue weighted by Crippen LogP contribution is 2.16. The lowest BCUT2D eigenvalue weighted by Gasteiger charge is -2.16. The highest BCUT2D eigenvalue weighted by molar-refractivity contribution is 7.90. The predicted octanol–water partition coefficient (Wildman–Crippen LogP) is -0.579. The van der Waals surface area contributed by atoms with Crippen molar-refractivity contribution in [2.75, 3.05) is 11.4 Å². The van der Waals surface area contributed by atoms with Gasteiger partial charge in [-0.2, -0.15) is 8.42 Å². The Hall–Kier alpha value is -1.80. The zero-order valence-electron chi connectivity index (χ0n) is 8.53. The first-order valence-corrected chi connectivity index (χ1v) is 5.71. The van der Waals surface area contributed by atoms with Gasteiger partial charge in [-0.3, -0.25) is 4.31 Å². The van der Waals surface area contributed by atoms with Crippen LogP contribution in [0, 0.1) is 0 Å². The van der Waals surface area contributed by atoms with Gasteiger partial charge in [0.25, 0.3) is 10.2 Å². The Morgan fingerprint density at radius 3 is 2.62 bits per heavy atom. The normalized spacial score (nSPS) is 12.5. The Morgan fingerprint density at radius 1 is 1.50 bits per heavy atom. The lowest BCUT2D eigenvalue weighted by molar-refractivity contribution is 0.318. The fourth-order valence-corrected chi connectivity index (χ4v) is 1.47. The molecule has 1 rings (SSSR count). The minimum Gasteiger partial charge on any atom is -0.409 e. The maximum absolute atomic E-state index is 11.1. The van der Waals surface area contributed by atoms with Crippen molar-refractivity contribution in [2.24, 2.45) is 16.0 Å². The minimum absolute atomic E-state index is 0.107. The van der Waals surface area contributed by atoms with Crippen LogP contribution >= 0.6 is 0 Å². The van der Waals surface area contributed by atoms with E-state index in [1.54, 1.807) is 18.2 Å². The SMILES string of the molecule is CN(c1cccc(/C(N)=N/O)c1)S(N)(=O)=O. The summed E-state index contributed by atoms with van der Waals surface area (Å²) < 4.78 is 23.0. The average molecular weight is 244 g/mol. The van der Waals surface area contributed by atoms with E-state index in [9.17, 15) is 8.42 Å². The summed E-state index contributed by atoms with van der Waals surface area (Å²) in [5, 5.41) is 16.3. The maximum atomic E-state index is 11.1. The maximum Gasteiger partial charge on any atom is 0.298 e. The van der Waals surface area contributed by atoms with Gasteiger partial charge in [0.05, 0.1) is 5.69 Å². The molecule has 0 unspecified atom stereocenters. The number of nitrogens with two attached hydrogens (primary N) is 2. The molecule has 0 aromatic heterocycles. The van der Waals surface area contributed by atoms with Crippen molar-refractivity contribution < 1.29 is 13.6 Å². The second-order valence-corrected chi connectivity index (χ2v) is 4.63. The van der Waals surface area contributed by atoms with E-state index in [0.717, 1.165) is 4.31 Å². The predicted molar refractivity (Wildman–Crippen MR) is 60.5 cm³/mol. The standard InChI is InChI=1S/C8H12N4O3S/c1-12(16(10,14)15)7-4-2-3-6(5-7)8(9)11-13/h2-5,13H,1H3,(H2,9,11)(H2,10,14,15). The monoisotopic (exact) mass is 244 g/mol. The minimum atomic E-state index is -3.81. The molecular weight excluding hydrogens is 232 g/mol. The summed E-state index contributed by atoms with van der Waals surface area (Å²) in [6.45, 7) is 0. The molecular formula is C8H12N4O3S.